The van der Waals surface area contributed by atoms with Crippen LogP contribution in [-0.4, -0.2) is 25.4 Å². The second kappa shape index (κ2) is 3.95. The molecule has 18 heavy (non-hydrogen) atoms. The van der Waals surface area contributed by atoms with E-state index in [4.69, 9.17) is 10.2 Å². The van der Waals surface area contributed by atoms with E-state index < -0.39 is 5.91 Å². The molecule has 0 unspecified atom stereocenters. The molecule has 1 amide bonds. The van der Waals surface area contributed by atoms with E-state index in [1.54, 1.807) is 29.2 Å². The van der Waals surface area contributed by atoms with Crippen LogP contribution in [0.3, 0.4) is 0 Å². The van der Waals surface area contributed by atoms with Gasteiger partial charge >= 0.3 is 0 Å². The summed E-state index contributed by atoms with van der Waals surface area (Å²) in [5, 5.41) is 0. The van der Waals surface area contributed by atoms with Gasteiger partial charge in [0.25, 0.3) is 0 Å². The molecule has 0 saturated carbocycles. The van der Waals surface area contributed by atoms with Gasteiger partial charge in [-0.15, -0.1) is 0 Å². The highest BCUT2D eigenvalue weighted by Gasteiger charge is 2.10. The third kappa shape index (κ3) is 1.71. The molecular weight excluding hydrogens is 234 g/mol. The fraction of sp³-hybridized carbons (Fsp3) is 0.0909. The van der Waals surface area contributed by atoms with E-state index in [0.717, 1.165) is 0 Å². The van der Waals surface area contributed by atoms with Crippen LogP contribution in [0.25, 0.3) is 22.7 Å². The van der Waals surface area contributed by atoms with Crippen molar-refractivity contribution in [2.24, 2.45) is 5.73 Å². The molecular formula is C11H9N5O2. The molecule has 0 aliphatic heterocycles. The molecule has 3 heterocycles. The number of furan rings is 1. The second-order valence-corrected chi connectivity index (χ2v) is 3.72. The zero-order valence-corrected chi connectivity index (χ0v) is 9.28. The first-order chi connectivity index (χ1) is 8.74. The summed E-state index contributed by atoms with van der Waals surface area (Å²) in [6.07, 6.45) is 4.64. The Hall–Kier alpha value is -2.70. The van der Waals surface area contributed by atoms with Crippen molar-refractivity contribution in [3.63, 3.8) is 0 Å². The Kier molecular flexibility index (Phi) is 2.30. The Morgan fingerprint density at radius 3 is 3.06 bits per heavy atom. The normalized spacial score (nSPS) is 10.9. The SMILES string of the molecule is NC(=O)Cn1cnc2cnc(-c3ccco3)nc21. The molecule has 3 aromatic rings. The van der Waals surface area contributed by atoms with Crippen molar-refractivity contribution in [3.05, 3.63) is 30.9 Å². The Balaban J connectivity index is 2.12. The van der Waals surface area contributed by atoms with Crippen molar-refractivity contribution in [3.8, 4) is 11.6 Å². The van der Waals surface area contributed by atoms with Crippen LogP contribution >= 0.6 is 0 Å². The highest BCUT2D eigenvalue weighted by atomic mass is 16.3. The molecule has 0 bridgehead atoms. The zero-order valence-electron chi connectivity index (χ0n) is 9.28. The van der Waals surface area contributed by atoms with E-state index >= 15 is 0 Å². The Morgan fingerprint density at radius 1 is 1.44 bits per heavy atom. The van der Waals surface area contributed by atoms with Crippen LogP contribution in [0.1, 0.15) is 0 Å². The molecule has 0 radical (unpaired) electrons. The smallest absolute Gasteiger partial charge is 0.237 e. The van der Waals surface area contributed by atoms with Gasteiger partial charge in [-0.2, -0.15) is 0 Å². The molecule has 0 aliphatic rings. The number of hydrogen-bond donors (Lipinski definition) is 1. The minimum absolute atomic E-state index is 0.0328. The summed E-state index contributed by atoms with van der Waals surface area (Å²) in [6.45, 7) is 0.0328. The van der Waals surface area contributed by atoms with Crippen LogP contribution in [0.4, 0.5) is 0 Å². The average molecular weight is 243 g/mol. The van der Waals surface area contributed by atoms with Gasteiger partial charge in [0, 0.05) is 0 Å². The summed E-state index contributed by atoms with van der Waals surface area (Å²) in [6, 6.07) is 3.51. The molecule has 0 aliphatic carbocycles. The standard InChI is InChI=1S/C11H9N5O2/c12-9(17)5-16-6-14-7-4-13-10(15-11(7)16)8-2-1-3-18-8/h1-4,6H,5H2,(H2,12,17). The minimum atomic E-state index is -0.451. The molecule has 7 heteroatoms. The number of rotatable bonds is 3. The lowest BCUT2D eigenvalue weighted by Gasteiger charge is -2.00. The van der Waals surface area contributed by atoms with E-state index in [9.17, 15) is 4.79 Å². The van der Waals surface area contributed by atoms with Gasteiger partial charge in [0.05, 0.1) is 18.8 Å². The second-order valence-electron chi connectivity index (χ2n) is 3.72. The van der Waals surface area contributed by atoms with Crippen LogP contribution < -0.4 is 5.73 Å². The van der Waals surface area contributed by atoms with Crippen LogP contribution in [0.15, 0.2) is 35.3 Å². The number of aromatic nitrogens is 4. The van der Waals surface area contributed by atoms with Crippen LogP contribution in [0.5, 0.6) is 0 Å². The lowest BCUT2D eigenvalue weighted by atomic mass is 10.4. The predicted molar refractivity (Wildman–Crippen MR) is 62.2 cm³/mol. The van der Waals surface area contributed by atoms with Gasteiger partial charge in [0.15, 0.2) is 17.2 Å². The van der Waals surface area contributed by atoms with Gasteiger partial charge < -0.3 is 14.7 Å². The van der Waals surface area contributed by atoms with Crippen molar-refractivity contribution >= 4 is 17.1 Å². The third-order valence-corrected chi connectivity index (χ3v) is 2.43. The maximum absolute atomic E-state index is 10.9. The summed E-state index contributed by atoms with van der Waals surface area (Å²) in [5.74, 6) is 0.551. The Bertz CT molecular complexity index is 701. The first-order valence-corrected chi connectivity index (χ1v) is 5.24. The number of nitrogens with two attached hydrogens (primary N) is 1. The average Bonchev–Trinajstić information content (AvgIpc) is 2.98. The molecule has 0 fully saturated rings. The summed E-state index contributed by atoms with van der Waals surface area (Å²) < 4.78 is 6.79. The van der Waals surface area contributed by atoms with E-state index in [-0.39, 0.29) is 6.54 Å². The lowest BCUT2D eigenvalue weighted by Crippen LogP contribution is -2.18. The fourth-order valence-corrected chi connectivity index (χ4v) is 1.66. The Morgan fingerprint density at radius 2 is 2.33 bits per heavy atom. The van der Waals surface area contributed by atoms with Crippen LogP contribution in [0, 0.1) is 0 Å². The minimum Gasteiger partial charge on any atom is -0.461 e. The van der Waals surface area contributed by atoms with E-state index in [1.165, 1.54) is 6.33 Å². The summed E-state index contributed by atoms with van der Waals surface area (Å²) in [7, 11) is 0. The number of fused-ring (bicyclic) bond motifs is 1. The third-order valence-electron chi connectivity index (χ3n) is 2.43. The topological polar surface area (TPSA) is 99.8 Å². The molecule has 3 rings (SSSR count). The number of carbonyl (C=O) groups is 1. The van der Waals surface area contributed by atoms with Crippen LogP contribution in [0.2, 0.25) is 0 Å². The van der Waals surface area contributed by atoms with Gasteiger partial charge in [0.2, 0.25) is 5.91 Å². The van der Waals surface area contributed by atoms with Gasteiger partial charge in [-0.05, 0) is 12.1 Å². The van der Waals surface area contributed by atoms with E-state index in [1.807, 2.05) is 0 Å². The number of hydrogen-bond acceptors (Lipinski definition) is 5. The van der Waals surface area contributed by atoms with E-state index in [2.05, 4.69) is 15.0 Å². The zero-order chi connectivity index (χ0) is 12.5. The van der Waals surface area contributed by atoms with Gasteiger partial charge in [-0.1, -0.05) is 0 Å². The molecule has 0 aromatic carbocycles. The first-order valence-electron chi connectivity index (χ1n) is 5.24. The number of amides is 1. The summed E-state index contributed by atoms with van der Waals surface area (Å²) >= 11 is 0. The molecule has 0 atom stereocenters. The summed E-state index contributed by atoms with van der Waals surface area (Å²) in [5.41, 5.74) is 6.31. The predicted octanol–water partition coefficient (Wildman–Crippen LogP) is 0.572. The maximum Gasteiger partial charge on any atom is 0.237 e. The van der Waals surface area contributed by atoms with E-state index in [0.29, 0.717) is 22.7 Å². The maximum atomic E-state index is 10.9. The highest BCUT2D eigenvalue weighted by molar-refractivity contribution is 5.77. The van der Waals surface area contributed by atoms with Gasteiger partial charge in [-0.25, -0.2) is 15.0 Å². The van der Waals surface area contributed by atoms with Crippen molar-refractivity contribution in [1.82, 2.24) is 19.5 Å². The first kappa shape index (κ1) is 10.5. The van der Waals surface area contributed by atoms with Crippen molar-refractivity contribution in [2.75, 3.05) is 0 Å². The number of primary amides is 1. The Labute approximate surface area is 101 Å². The van der Waals surface area contributed by atoms with Crippen LogP contribution in [-0.2, 0) is 11.3 Å². The number of nitrogens with zero attached hydrogens (tertiary/aromatic N) is 4. The molecule has 2 N–H and O–H groups in total. The number of imidazole rings is 1. The molecule has 90 valence electrons. The molecule has 0 spiro atoms. The molecule has 7 nitrogen and oxygen atoms in total. The quantitative estimate of drug-likeness (QED) is 0.724. The summed E-state index contributed by atoms with van der Waals surface area (Å²) in [4.78, 5) is 23.5. The molecule has 0 saturated heterocycles. The monoisotopic (exact) mass is 243 g/mol. The van der Waals surface area contributed by atoms with Gasteiger partial charge in [0.1, 0.15) is 12.1 Å². The molecule has 3 aromatic heterocycles. The van der Waals surface area contributed by atoms with Gasteiger partial charge in [-0.3, -0.25) is 4.79 Å². The van der Waals surface area contributed by atoms with Crippen molar-refractivity contribution in [1.29, 1.82) is 0 Å². The highest BCUT2D eigenvalue weighted by Crippen LogP contribution is 2.17. The largest absolute Gasteiger partial charge is 0.461 e. The fourth-order valence-electron chi connectivity index (χ4n) is 1.66. The van der Waals surface area contributed by atoms with Crippen molar-refractivity contribution in [2.45, 2.75) is 6.54 Å². The number of carbonyl (C=O) groups excluding carboxylic acids is 1. The van der Waals surface area contributed by atoms with Crippen molar-refractivity contribution < 1.29 is 9.21 Å². The lowest BCUT2D eigenvalue weighted by molar-refractivity contribution is -0.118.